The number of nitrogens with one attached hydrogen (secondary N) is 1. The normalized spacial score (nSPS) is 16.7. The first-order valence-electron chi connectivity index (χ1n) is 6.98. The maximum Gasteiger partial charge on any atom is 0.143 e. The third kappa shape index (κ3) is 2.64. The van der Waals surface area contributed by atoms with Gasteiger partial charge in [-0.3, -0.25) is 0 Å². The van der Waals surface area contributed by atoms with Crippen LogP contribution in [0.15, 0.2) is 34.8 Å². The smallest absolute Gasteiger partial charge is 0.143 e. The van der Waals surface area contributed by atoms with E-state index in [-0.39, 0.29) is 11.9 Å². The van der Waals surface area contributed by atoms with Gasteiger partial charge in [-0.1, -0.05) is 28.1 Å². The zero-order valence-corrected chi connectivity index (χ0v) is 13.6. The Kier molecular flexibility index (Phi) is 3.89. The monoisotopic (exact) mass is 349 g/mol. The lowest BCUT2D eigenvalue weighted by molar-refractivity contribution is 0.415. The van der Waals surface area contributed by atoms with E-state index in [1.165, 1.54) is 6.07 Å². The van der Waals surface area contributed by atoms with Crippen LogP contribution in [0.2, 0.25) is 0 Å². The molecule has 1 aliphatic carbocycles. The van der Waals surface area contributed by atoms with Gasteiger partial charge in [0.05, 0.1) is 18.8 Å². The molecule has 0 heterocycles. The molecule has 1 N–H and O–H groups in total. The van der Waals surface area contributed by atoms with Crippen molar-refractivity contribution in [3.63, 3.8) is 0 Å². The summed E-state index contributed by atoms with van der Waals surface area (Å²) in [6.45, 7) is 2.04. The Balaban J connectivity index is 1.95. The number of hydrogen-bond donors (Lipinski definition) is 1. The van der Waals surface area contributed by atoms with Crippen LogP contribution in [0.1, 0.15) is 29.2 Å². The first-order chi connectivity index (χ1) is 10.1. The van der Waals surface area contributed by atoms with Gasteiger partial charge in [-0.05, 0) is 54.7 Å². The summed E-state index contributed by atoms with van der Waals surface area (Å²) in [7, 11) is 1.66. The summed E-state index contributed by atoms with van der Waals surface area (Å²) < 4.78 is 20.3. The standard InChI is InChI=1S/C17H17BrFNO/c1-10-8-11(18)9-16(21-2)17(10)20-15-7-6-12-13(15)4-3-5-14(12)19/h3-5,8-9,15,20H,6-7H2,1-2H3. The van der Waals surface area contributed by atoms with E-state index >= 15 is 0 Å². The van der Waals surface area contributed by atoms with Crippen molar-refractivity contribution < 1.29 is 9.13 Å². The maximum absolute atomic E-state index is 13.8. The summed E-state index contributed by atoms with van der Waals surface area (Å²) in [4.78, 5) is 0. The number of halogens is 2. The number of rotatable bonds is 3. The van der Waals surface area contributed by atoms with Gasteiger partial charge in [0.2, 0.25) is 0 Å². The molecule has 1 unspecified atom stereocenters. The summed E-state index contributed by atoms with van der Waals surface area (Å²) in [5, 5.41) is 3.53. The Morgan fingerprint density at radius 2 is 2.14 bits per heavy atom. The van der Waals surface area contributed by atoms with Crippen molar-refractivity contribution in [1.29, 1.82) is 0 Å². The predicted octanol–water partition coefficient (Wildman–Crippen LogP) is 5.00. The van der Waals surface area contributed by atoms with Crippen LogP contribution in [-0.4, -0.2) is 7.11 Å². The van der Waals surface area contributed by atoms with E-state index in [4.69, 9.17) is 4.74 Å². The van der Waals surface area contributed by atoms with Gasteiger partial charge in [0.25, 0.3) is 0 Å². The Labute approximate surface area is 132 Å². The van der Waals surface area contributed by atoms with Crippen LogP contribution in [0.3, 0.4) is 0 Å². The molecular weight excluding hydrogens is 333 g/mol. The van der Waals surface area contributed by atoms with E-state index < -0.39 is 0 Å². The minimum atomic E-state index is -0.101. The van der Waals surface area contributed by atoms with Crippen molar-refractivity contribution in [3.8, 4) is 5.75 Å². The van der Waals surface area contributed by atoms with E-state index in [0.717, 1.165) is 45.4 Å². The van der Waals surface area contributed by atoms with Gasteiger partial charge in [-0.2, -0.15) is 0 Å². The first-order valence-corrected chi connectivity index (χ1v) is 7.77. The second-order valence-corrected chi connectivity index (χ2v) is 6.26. The summed E-state index contributed by atoms with van der Waals surface area (Å²) in [5.41, 5.74) is 3.97. The largest absolute Gasteiger partial charge is 0.495 e. The van der Waals surface area contributed by atoms with E-state index in [1.807, 2.05) is 25.1 Å². The first kappa shape index (κ1) is 14.4. The van der Waals surface area contributed by atoms with Gasteiger partial charge in [0, 0.05) is 4.47 Å². The molecule has 3 rings (SSSR count). The molecule has 0 saturated heterocycles. The van der Waals surface area contributed by atoms with Gasteiger partial charge < -0.3 is 10.1 Å². The molecule has 1 aliphatic rings. The highest BCUT2D eigenvalue weighted by Crippen LogP contribution is 2.39. The second-order valence-electron chi connectivity index (χ2n) is 5.34. The molecule has 0 fully saturated rings. The summed E-state index contributed by atoms with van der Waals surface area (Å²) in [5.74, 6) is 0.697. The van der Waals surface area contributed by atoms with Crippen molar-refractivity contribution in [2.75, 3.05) is 12.4 Å². The summed E-state index contributed by atoms with van der Waals surface area (Å²) in [6.07, 6.45) is 1.67. The minimum absolute atomic E-state index is 0.101. The Morgan fingerprint density at radius 3 is 2.90 bits per heavy atom. The Bertz CT molecular complexity index is 687. The van der Waals surface area contributed by atoms with Crippen molar-refractivity contribution in [2.24, 2.45) is 0 Å². The lowest BCUT2D eigenvalue weighted by atomic mass is 10.1. The molecule has 0 amide bonds. The van der Waals surface area contributed by atoms with Gasteiger partial charge in [-0.25, -0.2) is 4.39 Å². The zero-order chi connectivity index (χ0) is 15.0. The topological polar surface area (TPSA) is 21.3 Å². The fourth-order valence-electron chi connectivity index (χ4n) is 2.99. The van der Waals surface area contributed by atoms with E-state index in [9.17, 15) is 4.39 Å². The van der Waals surface area contributed by atoms with Crippen LogP contribution in [0.4, 0.5) is 10.1 Å². The summed E-state index contributed by atoms with van der Waals surface area (Å²) in [6, 6.07) is 9.43. The van der Waals surface area contributed by atoms with Crippen LogP contribution in [0.25, 0.3) is 0 Å². The predicted molar refractivity (Wildman–Crippen MR) is 86.5 cm³/mol. The molecule has 0 aromatic heterocycles. The van der Waals surface area contributed by atoms with Gasteiger partial charge in [-0.15, -0.1) is 0 Å². The molecule has 0 aliphatic heterocycles. The molecule has 0 radical (unpaired) electrons. The number of ether oxygens (including phenoxy) is 1. The van der Waals surface area contributed by atoms with Crippen LogP contribution < -0.4 is 10.1 Å². The molecule has 2 aromatic carbocycles. The van der Waals surface area contributed by atoms with E-state index in [1.54, 1.807) is 13.2 Å². The molecule has 110 valence electrons. The lowest BCUT2D eigenvalue weighted by Gasteiger charge is -2.20. The highest BCUT2D eigenvalue weighted by atomic mass is 79.9. The van der Waals surface area contributed by atoms with Crippen LogP contribution >= 0.6 is 15.9 Å². The van der Waals surface area contributed by atoms with Crippen molar-refractivity contribution in [3.05, 3.63) is 57.3 Å². The molecule has 0 spiro atoms. The minimum Gasteiger partial charge on any atom is -0.495 e. The Hall–Kier alpha value is -1.55. The number of benzene rings is 2. The number of hydrogen-bond acceptors (Lipinski definition) is 2. The number of anilines is 1. The van der Waals surface area contributed by atoms with Gasteiger partial charge in [0.1, 0.15) is 11.6 Å². The maximum atomic E-state index is 13.8. The number of methoxy groups -OCH3 is 1. The van der Waals surface area contributed by atoms with Crippen molar-refractivity contribution in [1.82, 2.24) is 0 Å². The average Bonchev–Trinajstić information content (AvgIpc) is 2.86. The molecule has 1 atom stereocenters. The summed E-state index contributed by atoms with van der Waals surface area (Å²) >= 11 is 3.48. The van der Waals surface area contributed by atoms with Crippen LogP contribution in [0, 0.1) is 12.7 Å². The quantitative estimate of drug-likeness (QED) is 0.841. The molecule has 2 nitrogen and oxygen atoms in total. The highest BCUT2D eigenvalue weighted by Gasteiger charge is 2.26. The highest BCUT2D eigenvalue weighted by molar-refractivity contribution is 9.10. The molecule has 0 saturated carbocycles. The fourth-order valence-corrected chi connectivity index (χ4v) is 3.54. The van der Waals surface area contributed by atoms with Crippen molar-refractivity contribution in [2.45, 2.75) is 25.8 Å². The third-order valence-corrected chi connectivity index (χ3v) is 4.47. The van der Waals surface area contributed by atoms with E-state index in [2.05, 4.69) is 21.2 Å². The van der Waals surface area contributed by atoms with Crippen LogP contribution in [0.5, 0.6) is 5.75 Å². The molecule has 21 heavy (non-hydrogen) atoms. The van der Waals surface area contributed by atoms with Crippen LogP contribution in [-0.2, 0) is 6.42 Å². The Morgan fingerprint density at radius 1 is 1.33 bits per heavy atom. The van der Waals surface area contributed by atoms with Crippen molar-refractivity contribution >= 4 is 21.6 Å². The van der Waals surface area contributed by atoms with Gasteiger partial charge in [0.15, 0.2) is 0 Å². The fraction of sp³-hybridized carbons (Fsp3) is 0.294. The molecule has 0 bridgehead atoms. The molecule has 4 heteroatoms. The zero-order valence-electron chi connectivity index (χ0n) is 12.0. The second kappa shape index (κ2) is 5.68. The lowest BCUT2D eigenvalue weighted by Crippen LogP contribution is -2.09. The number of fused-ring (bicyclic) bond motifs is 1. The molecular formula is C17H17BrFNO. The SMILES string of the molecule is COc1cc(Br)cc(C)c1NC1CCc2c(F)cccc21. The van der Waals surface area contributed by atoms with Gasteiger partial charge >= 0.3 is 0 Å². The third-order valence-electron chi connectivity index (χ3n) is 4.02. The average molecular weight is 350 g/mol. The molecule has 2 aromatic rings. The van der Waals surface area contributed by atoms with E-state index in [0.29, 0.717) is 0 Å². The number of aryl methyl sites for hydroxylation is 1.